The number of aromatic nitrogens is 4. The van der Waals surface area contributed by atoms with Crippen LogP contribution in [0.25, 0.3) is 11.0 Å². The number of carbonyl (C=O) groups excluding carboxylic acids is 1. The van der Waals surface area contributed by atoms with Crippen LogP contribution in [0.1, 0.15) is 5.56 Å². The quantitative estimate of drug-likeness (QED) is 0.689. The van der Waals surface area contributed by atoms with Crippen molar-refractivity contribution < 1.29 is 22.7 Å². The minimum atomic E-state index is -1.36. The van der Waals surface area contributed by atoms with Crippen LogP contribution in [0, 0.1) is 17.5 Å². The average Bonchev–Trinajstić information content (AvgIpc) is 3.04. The molecule has 1 aromatic carbocycles. The van der Waals surface area contributed by atoms with E-state index >= 15 is 4.39 Å². The first-order valence-electron chi connectivity index (χ1n) is 7.94. The first-order chi connectivity index (χ1) is 13.0. The largest absolute Gasteiger partial charge is 0.370 e. The molecule has 1 aliphatic heterocycles. The van der Waals surface area contributed by atoms with E-state index in [9.17, 15) is 13.6 Å². The third kappa shape index (κ3) is 2.95. The van der Waals surface area contributed by atoms with Crippen LogP contribution >= 0.6 is 0 Å². The minimum absolute atomic E-state index is 0.0364. The Balaban J connectivity index is 1.80. The number of nitrogen functional groups attached to an aromatic ring is 1. The lowest BCUT2D eigenvalue weighted by Crippen LogP contribution is -2.42. The van der Waals surface area contributed by atoms with Crippen molar-refractivity contribution in [1.29, 1.82) is 0 Å². The first kappa shape index (κ1) is 17.2. The summed E-state index contributed by atoms with van der Waals surface area (Å²) in [4.78, 5) is 20.8. The molecule has 1 saturated heterocycles. The molecule has 11 heteroatoms. The van der Waals surface area contributed by atoms with Crippen molar-refractivity contribution in [1.82, 2.24) is 19.7 Å². The van der Waals surface area contributed by atoms with Crippen LogP contribution in [-0.2, 0) is 16.1 Å². The van der Waals surface area contributed by atoms with Gasteiger partial charge in [0.2, 0.25) is 5.95 Å². The van der Waals surface area contributed by atoms with E-state index in [4.69, 9.17) is 10.5 Å². The van der Waals surface area contributed by atoms with Crippen LogP contribution in [0.15, 0.2) is 18.5 Å². The smallest absolute Gasteiger partial charge is 0.253 e. The standard InChI is InChI=1S/C16H13F3N6O2/c17-10-3-11(24-1-2-27-7-12(24)26)14(19)9(13(10)18)6-25-15-8(5-22-25)4-21-16(20)23-15/h3-5H,1-2,6-7H2,(H2,20,21,23). The Bertz CT molecular complexity index is 1050. The fraction of sp³-hybridized carbons (Fsp3) is 0.250. The van der Waals surface area contributed by atoms with Crippen molar-refractivity contribution in [3.05, 3.63) is 41.5 Å². The molecule has 140 valence electrons. The molecule has 1 amide bonds. The fourth-order valence-electron chi connectivity index (χ4n) is 2.90. The predicted molar refractivity (Wildman–Crippen MR) is 88.3 cm³/mol. The lowest BCUT2D eigenvalue weighted by Gasteiger charge is -2.28. The van der Waals surface area contributed by atoms with Gasteiger partial charge in [-0.1, -0.05) is 0 Å². The molecule has 2 N–H and O–H groups in total. The predicted octanol–water partition coefficient (Wildman–Crippen LogP) is 1.24. The van der Waals surface area contributed by atoms with Crippen LogP contribution in [-0.4, -0.2) is 45.4 Å². The van der Waals surface area contributed by atoms with E-state index in [1.165, 1.54) is 17.1 Å². The number of anilines is 2. The van der Waals surface area contributed by atoms with Gasteiger partial charge in [-0.3, -0.25) is 4.79 Å². The van der Waals surface area contributed by atoms with Crippen molar-refractivity contribution in [2.24, 2.45) is 0 Å². The molecular weight excluding hydrogens is 365 g/mol. The van der Waals surface area contributed by atoms with E-state index in [1.54, 1.807) is 0 Å². The Morgan fingerprint density at radius 3 is 2.81 bits per heavy atom. The summed E-state index contributed by atoms with van der Waals surface area (Å²) in [6.07, 6.45) is 2.81. The van der Waals surface area contributed by atoms with Crippen molar-refractivity contribution in [2.45, 2.75) is 6.54 Å². The summed E-state index contributed by atoms with van der Waals surface area (Å²) in [5, 5.41) is 4.51. The van der Waals surface area contributed by atoms with E-state index in [0.717, 1.165) is 4.90 Å². The van der Waals surface area contributed by atoms with Crippen LogP contribution in [0.3, 0.4) is 0 Å². The Morgan fingerprint density at radius 1 is 1.22 bits per heavy atom. The van der Waals surface area contributed by atoms with Gasteiger partial charge >= 0.3 is 0 Å². The average molecular weight is 378 g/mol. The molecule has 27 heavy (non-hydrogen) atoms. The second kappa shape index (κ2) is 6.50. The van der Waals surface area contributed by atoms with Gasteiger partial charge in [-0.25, -0.2) is 22.8 Å². The molecule has 1 aliphatic rings. The SMILES string of the molecule is Nc1ncc2cnn(Cc3c(F)c(F)cc(N4CCOCC4=O)c3F)c2n1. The second-order valence-corrected chi connectivity index (χ2v) is 5.89. The maximum atomic E-state index is 15.0. The molecule has 2 aromatic heterocycles. The first-order valence-corrected chi connectivity index (χ1v) is 7.94. The lowest BCUT2D eigenvalue weighted by atomic mass is 10.1. The maximum Gasteiger partial charge on any atom is 0.253 e. The number of halogens is 3. The highest BCUT2D eigenvalue weighted by molar-refractivity contribution is 5.95. The van der Waals surface area contributed by atoms with Gasteiger partial charge in [-0.15, -0.1) is 0 Å². The topological polar surface area (TPSA) is 99.2 Å². The van der Waals surface area contributed by atoms with Crippen LogP contribution in [0.4, 0.5) is 24.8 Å². The normalized spacial score (nSPS) is 14.9. The monoisotopic (exact) mass is 378 g/mol. The third-order valence-corrected chi connectivity index (χ3v) is 4.21. The Morgan fingerprint density at radius 2 is 2.04 bits per heavy atom. The number of rotatable bonds is 3. The number of nitrogens with two attached hydrogens (primary N) is 1. The number of hydrogen-bond acceptors (Lipinski definition) is 6. The van der Waals surface area contributed by atoms with Crippen molar-refractivity contribution in [3.63, 3.8) is 0 Å². The molecule has 0 aliphatic carbocycles. The van der Waals surface area contributed by atoms with Crippen molar-refractivity contribution in [3.8, 4) is 0 Å². The number of hydrogen-bond donors (Lipinski definition) is 1. The molecule has 0 atom stereocenters. The summed E-state index contributed by atoms with van der Waals surface area (Å²) in [6, 6.07) is 0.665. The maximum absolute atomic E-state index is 15.0. The summed E-state index contributed by atoms with van der Waals surface area (Å²) in [5.41, 5.74) is 4.86. The lowest BCUT2D eigenvalue weighted by molar-refractivity contribution is -0.125. The van der Waals surface area contributed by atoms with E-state index in [1.807, 2.05) is 0 Å². The number of morpholine rings is 1. The van der Waals surface area contributed by atoms with E-state index in [-0.39, 0.29) is 37.0 Å². The summed E-state index contributed by atoms with van der Waals surface area (Å²) in [5.74, 6) is -4.25. The van der Waals surface area contributed by atoms with Crippen molar-refractivity contribution >= 4 is 28.6 Å². The Kier molecular flexibility index (Phi) is 4.15. The van der Waals surface area contributed by atoms with Crippen LogP contribution < -0.4 is 10.6 Å². The highest BCUT2D eigenvalue weighted by Gasteiger charge is 2.28. The van der Waals surface area contributed by atoms with E-state index < -0.39 is 35.5 Å². The molecule has 4 rings (SSSR count). The summed E-state index contributed by atoms with van der Waals surface area (Å²) in [6.45, 7) is -0.497. The Hall–Kier alpha value is -3.21. The number of ether oxygens (including phenoxy) is 1. The van der Waals surface area contributed by atoms with Gasteiger partial charge in [0.05, 0.1) is 36.0 Å². The van der Waals surface area contributed by atoms with Gasteiger partial charge in [-0.05, 0) is 0 Å². The molecule has 0 spiro atoms. The zero-order valence-electron chi connectivity index (χ0n) is 13.8. The number of amides is 1. The molecule has 0 bridgehead atoms. The van der Waals surface area contributed by atoms with Gasteiger partial charge in [0.15, 0.2) is 23.1 Å². The molecular formula is C16H13F3N6O2. The minimum Gasteiger partial charge on any atom is -0.370 e. The molecule has 0 radical (unpaired) electrons. The van der Waals surface area contributed by atoms with Crippen molar-refractivity contribution in [2.75, 3.05) is 30.4 Å². The molecule has 3 aromatic rings. The van der Waals surface area contributed by atoms with E-state index in [0.29, 0.717) is 11.5 Å². The summed E-state index contributed by atoms with van der Waals surface area (Å²) < 4.78 is 49.6. The van der Waals surface area contributed by atoms with Crippen LogP contribution in [0.5, 0.6) is 0 Å². The molecule has 1 fully saturated rings. The van der Waals surface area contributed by atoms with Gasteiger partial charge in [0.1, 0.15) is 6.61 Å². The molecule has 3 heterocycles. The summed E-state index contributed by atoms with van der Waals surface area (Å²) >= 11 is 0. The number of carbonyl (C=O) groups is 1. The number of nitrogens with zero attached hydrogens (tertiary/aromatic N) is 5. The molecule has 0 saturated carbocycles. The van der Waals surface area contributed by atoms with Gasteiger partial charge in [0, 0.05) is 18.8 Å². The zero-order valence-corrected chi connectivity index (χ0v) is 13.8. The summed E-state index contributed by atoms with van der Waals surface area (Å²) in [7, 11) is 0. The highest BCUT2D eigenvalue weighted by Crippen LogP contribution is 2.29. The van der Waals surface area contributed by atoms with Crippen LogP contribution in [0.2, 0.25) is 0 Å². The zero-order chi connectivity index (χ0) is 19.1. The van der Waals surface area contributed by atoms with Gasteiger partial charge in [0.25, 0.3) is 5.91 Å². The van der Waals surface area contributed by atoms with E-state index in [2.05, 4.69) is 15.1 Å². The Labute approximate surface area is 150 Å². The van der Waals surface area contributed by atoms with Gasteiger partial charge in [-0.2, -0.15) is 10.1 Å². The third-order valence-electron chi connectivity index (χ3n) is 4.21. The molecule has 0 unspecified atom stereocenters. The number of benzene rings is 1. The van der Waals surface area contributed by atoms with Gasteiger partial charge < -0.3 is 15.4 Å². The fourth-order valence-corrected chi connectivity index (χ4v) is 2.90. The highest BCUT2D eigenvalue weighted by atomic mass is 19.2. The second-order valence-electron chi connectivity index (χ2n) is 5.89. The number of fused-ring (bicyclic) bond motifs is 1. The molecule has 8 nitrogen and oxygen atoms in total.